The first-order chi connectivity index (χ1) is 10.9. The van der Waals surface area contributed by atoms with Crippen molar-refractivity contribution in [3.8, 4) is 0 Å². The Hall–Kier alpha value is -1.04. The summed E-state index contributed by atoms with van der Waals surface area (Å²) in [4.78, 5) is 2.58. The van der Waals surface area contributed by atoms with E-state index in [4.69, 9.17) is 5.32 Å². The van der Waals surface area contributed by atoms with Gasteiger partial charge in [0, 0.05) is 0 Å². The van der Waals surface area contributed by atoms with Gasteiger partial charge in [-0.2, -0.15) is 0 Å². The number of benzene rings is 2. The van der Waals surface area contributed by atoms with Gasteiger partial charge in [-0.25, -0.2) is 0 Å². The van der Waals surface area contributed by atoms with Gasteiger partial charge in [0.25, 0.3) is 0 Å². The van der Waals surface area contributed by atoms with Gasteiger partial charge in [0.05, 0.1) is 0 Å². The van der Waals surface area contributed by atoms with Crippen LogP contribution in [0.15, 0.2) is 60.7 Å². The number of rotatable bonds is 6. The van der Waals surface area contributed by atoms with Gasteiger partial charge in [0.1, 0.15) is 0 Å². The minimum atomic E-state index is 0. The van der Waals surface area contributed by atoms with Crippen LogP contribution in [0.1, 0.15) is 36.4 Å². The van der Waals surface area contributed by atoms with Gasteiger partial charge in [0.2, 0.25) is 0 Å². The zero-order valence-corrected chi connectivity index (χ0v) is 14.2. The minimum Gasteiger partial charge on any atom is -0.651 e. The third-order valence-corrected chi connectivity index (χ3v) is 4.40. The van der Waals surface area contributed by atoms with E-state index in [1.807, 2.05) is 0 Å². The summed E-state index contributed by atoms with van der Waals surface area (Å²) in [5.41, 5.74) is 2.63. The zero-order valence-electron chi connectivity index (χ0n) is 14.2. The summed E-state index contributed by atoms with van der Waals surface area (Å²) < 4.78 is 0. The van der Waals surface area contributed by atoms with Crippen LogP contribution in [0.3, 0.4) is 0 Å². The first kappa shape index (κ1) is 18.3. The van der Waals surface area contributed by atoms with Gasteiger partial charge in [0.15, 0.2) is 0 Å². The van der Waals surface area contributed by atoms with E-state index >= 15 is 0 Å². The molecule has 0 spiro atoms. The molecule has 2 aromatic rings. The average Bonchev–Trinajstić information content (AvgIpc) is 2.61. The van der Waals surface area contributed by atoms with Crippen molar-refractivity contribution in [3.63, 3.8) is 0 Å². The molecule has 0 radical (unpaired) electrons. The largest absolute Gasteiger partial charge is 1.00 e. The van der Waals surface area contributed by atoms with E-state index in [9.17, 15) is 0 Å². The summed E-state index contributed by atoms with van der Waals surface area (Å²) >= 11 is 0. The smallest absolute Gasteiger partial charge is 0.651 e. The van der Waals surface area contributed by atoms with Crippen LogP contribution in [0.5, 0.6) is 0 Å². The molecule has 1 aliphatic rings. The van der Waals surface area contributed by atoms with Crippen LogP contribution in [0.4, 0.5) is 0 Å². The maximum Gasteiger partial charge on any atom is 1.00 e. The van der Waals surface area contributed by atoms with E-state index in [-0.39, 0.29) is 24.9 Å². The minimum absolute atomic E-state index is 0. The molecule has 0 amide bonds. The Morgan fingerprint density at radius 3 is 2.09 bits per heavy atom. The van der Waals surface area contributed by atoms with Crippen molar-refractivity contribution in [2.75, 3.05) is 19.6 Å². The molecule has 1 saturated heterocycles. The number of likely N-dealkylation sites (tertiary alicyclic amines) is 1. The summed E-state index contributed by atoms with van der Waals surface area (Å²) in [6.07, 6.45) is 4.05. The molecular weight excluding hydrogens is 275 g/mol. The Morgan fingerprint density at radius 2 is 1.43 bits per heavy atom. The number of hydrogen-bond donors (Lipinski definition) is 0. The van der Waals surface area contributed by atoms with Gasteiger partial charge in [-0.05, 0) is 32.5 Å². The first-order valence-corrected chi connectivity index (χ1v) is 8.39. The van der Waals surface area contributed by atoms with Gasteiger partial charge < -0.3 is 10.2 Å². The van der Waals surface area contributed by atoms with Crippen molar-refractivity contribution < 1.29 is 18.9 Å². The molecule has 2 nitrogen and oxygen atoms in total. The van der Waals surface area contributed by atoms with E-state index < -0.39 is 0 Å². The molecule has 0 bridgehead atoms. The van der Waals surface area contributed by atoms with Gasteiger partial charge in [-0.3, -0.25) is 0 Å². The van der Waals surface area contributed by atoms with Crippen molar-refractivity contribution >= 4 is 0 Å². The normalized spacial score (nSPS) is 16.5. The summed E-state index contributed by atoms with van der Waals surface area (Å²) in [7, 11) is 0. The van der Waals surface area contributed by atoms with Gasteiger partial charge in [-0.15, -0.1) is 6.54 Å². The monoisotopic (exact) mass is 300 g/mol. The first-order valence-electron chi connectivity index (χ1n) is 8.39. The van der Waals surface area contributed by atoms with E-state index in [1.165, 1.54) is 43.5 Å². The zero-order chi connectivity index (χ0) is 15.0. The van der Waals surface area contributed by atoms with Crippen LogP contribution < -0.4 is 18.9 Å². The predicted molar refractivity (Wildman–Crippen MR) is 93.0 cm³/mol. The molecule has 3 heteroatoms. The number of piperidine rings is 1. The maximum absolute atomic E-state index is 5.02. The Labute approximate surface area is 152 Å². The molecule has 1 heterocycles. The van der Waals surface area contributed by atoms with E-state index in [0.29, 0.717) is 0 Å². The Morgan fingerprint density at radius 1 is 0.826 bits per heavy atom. The van der Waals surface area contributed by atoms with Crippen LogP contribution >= 0.6 is 0 Å². The van der Waals surface area contributed by atoms with Crippen LogP contribution in [0, 0.1) is 0 Å². The molecule has 0 unspecified atom stereocenters. The molecule has 0 N–H and O–H groups in total. The number of nitrogens with zero attached hydrogens (tertiary/aromatic N) is 2. The predicted octanol–water partition coefficient (Wildman–Crippen LogP) is 1.79. The quantitative estimate of drug-likeness (QED) is 0.744. The Bertz CT molecular complexity index is 538. The molecule has 0 aliphatic carbocycles. The van der Waals surface area contributed by atoms with E-state index in [2.05, 4.69) is 65.6 Å². The second kappa shape index (κ2) is 9.95. The third-order valence-electron chi connectivity index (χ3n) is 4.40. The molecule has 2 aromatic carbocycles. The molecule has 1 atom stereocenters. The van der Waals surface area contributed by atoms with Gasteiger partial charge in [-0.1, -0.05) is 84.3 Å². The topological polar surface area (TPSA) is 17.3 Å². The van der Waals surface area contributed by atoms with Crippen LogP contribution in [0.2, 0.25) is 0 Å². The summed E-state index contributed by atoms with van der Waals surface area (Å²) in [5, 5.41) is 5.02. The average molecular weight is 300 g/mol. The van der Waals surface area contributed by atoms with Crippen molar-refractivity contribution in [2.45, 2.75) is 31.8 Å². The fraction of sp³-hybridized carbons (Fsp3) is 0.400. The molecule has 0 saturated carbocycles. The Balaban J connectivity index is 0.00000192. The van der Waals surface area contributed by atoms with Crippen LogP contribution in [-0.4, -0.2) is 24.5 Å². The van der Waals surface area contributed by atoms with Crippen molar-refractivity contribution in [2.24, 2.45) is 0 Å². The SMILES string of the molecule is [Li+].c1ccc(C[N-][C@@H](CN2CCCCC2)c2ccccc2)cc1. The fourth-order valence-electron chi connectivity index (χ4n) is 3.13. The Kier molecular flexibility index (Phi) is 7.92. The maximum atomic E-state index is 5.02. The second-order valence-electron chi connectivity index (χ2n) is 6.11. The number of hydrogen-bond acceptors (Lipinski definition) is 1. The van der Waals surface area contributed by atoms with E-state index in [0.717, 1.165) is 13.1 Å². The fourth-order valence-corrected chi connectivity index (χ4v) is 3.13. The molecule has 3 rings (SSSR count). The van der Waals surface area contributed by atoms with Crippen LogP contribution in [-0.2, 0) is 6.54 Å². The summed E-state index contributed by atoms with van der Waals surface area (Å²) in [6.45, 7) is 4.31. The second-order valence-corrected chi connectivity index (χ2v) is 6.11. The molecule has 1 fully saturated rings. The third kappa shape index (κ3) is 5.83. The molecule has 0 aromatic heterocycles. The standard InChI is InChI=1S/C20H25N2.Li/c1-4-10-18(11-5-1)16-21-20(19-12-6-2-7-13-19)17-22-14-8-3-9-15-22;/h1-2,4-7,10-13,20H,3,8-9,14-17H2;/q-1;+1/t20-;/m0./s1. The van der Waals surface area contributed by atoms with Crippen molar-refractivity contribution in [3.05, 3.63) is 77.1 Å². The van der Waals surface area contributed by atoms with Gasteiger partial charge >= 0.3 is 18.9 Å². The summed E-state index contributed by atoms with van der Waals surface area (Å²) in [5.74, 6) is 0. The van der Waals surface area contributed by atoms with Crippen molar-refractivity contribution in [1.82, 2.24) is 4.90 Å². The summed E-state index contributed by atoms with van der Waals surface area (Å²) in [6, 6.07) is 21.6. The van der Waals surface area contributed by atoms with Crippen LogP contribution in [0.25, 0.3) is 5.32 Å². The molecular formula is C20H25LiN2. The molecule has 116 valence electrons. The van der Waals surface area contributed by atoms with E-state index in [1.54, 1.807) is 0 Å². The molecule has 1 aliphatic heterocycles. The van der Waals surface area contributed by atoms with Crippen molar-refractivity contribution in [1.29, 1.82) is 0 Å². The molecule has 23 heavy (non-hydrogen) atoms.